The van der Waals surface area contributed by atoms with Crippen LogP contribution in [-0.2, 0) is 32.7 Å². The second-order valence-electron chi connectivity index (χ2n) is 12.6. The van der Waals surface area contributed by atoms with Gasteiger partial charge in [-0.15, -0.1) is 0 Å². The Morgan fingerprint density at radius 2 is 1.10 bits per heavy atom. The van der Waals surface area contributed by atoms with Crippen molar-refractivity contribution >= 4 is 51.6 Å². The van der Waals surface area contributed by atoms with E-state index in [4.69, 9.17) is 18.5 Å². The molecule has 1 rings (SSSR count). The Labute approximate surface area is 302 Å². The number of unbranched alkanes of at least 4 members (excludes halogenated alkanes) is 10. The summed E-state index contributed by atoms with van der Waals surface area (Å²) in [6.07, 6.45) is 2.83. The minimum atomic E-state index is -5.09. The van der Waals surface area contributed by atoms with Gasteiger partial charge < -0.3 is 39.9 Å². The molecule has 6 N–H and O–H groups in total. The minimum absolute atomic E-state index is 0.0675. The molecule has 48 heavy (non-hydrogen) atoms. The van der Waals surface area contributed by atoms with Crippen LogP contribution in [0.25, 0.3) is 0 Å². The Hall–Kier alpha value is -0.190. The molecule has 0 aromatic carbocycles. The van der Waals surface area contributed by atoms with Crippen molar-refractivity contribution in [2.24, 2.45) is 0 Å². The quantitative estimate of drug-likeness (QED) is 0.0280. The van der Waals surface area contributed by atoms with E-state index < -0.39 is 75.7 Å². The number of carbonyl (C=O) groups excluding carboxylic acids is 2. The fourth-order valence-electron chi connectivity index (χ4n) is 5.24. The van der Waals surface area contributed by atoms with E-state index in [1.807, 2.05) is 6.92 Å². The summed E-state index contributed by atoms with van der Waals surface area (Å²) in [7, 11) is -5.09. The zero-order valence-corrected chi connectivity index (χ0v) is 32.4. The van der Waals surface area contributed by atoms with Gasteiger partial charge in [0.25, 0.3) is 0 Å². The van der Waals surface area contributed by atoms with Crippen molar-refractivity contribution in [1.29, 1.82) is 0 Å². The molecule has 16 heteroatoms. The van der Waals surface area contributed by atoms with Gasteiger partial charge in [0.05, 0.1) is 6.61 Å². The number of alkyl halides is 2. The smallest absolute Gasteiger partial charge is 0.462 e. The highest BCUT2D eigenvalue weighted by Gasteiger charge is 2.51. The van der Waals surface area contributed by atoms with Crippen molar-refractivity contribution < 1.29 is 63.1 Å². The zero-order valence-electron chi connectivity index (χ0n) is 28.4. The molecule has 1 saturated carbocycles. The second-order valence-corrected chi connectivity index (χ2v) is 16.3. The largest absolute Gasteiger partial charge is 0.472 e. The highest BCUT2D eigenvalue weighted by Crippen LogP contribution is 2.47. The molecule has 0 bridgehead atoms. The van der Waals surface area contributed by atoms with Crippen LogP contribution in [0.2, 0.25) is 0 Å². The minimum Gasteiger partial charge on any atom is -0.462 e. The van der Waals surface area contributed by atoms with E-state index in [0.717, 1.165) is 38.5 Å². The predicted octanol–water partition coefficient (Wildman–Crippen LogP) is 4.96. The summed E-state index contributed by atoms with van der Waals surface area (Å²) in [5.41, 5.74) is 0. The van der Waals surface area contributed by atoms with Crippen LogP contribution in [0.15, 0.2) is 0 Å². The molecule has 3 unspecified atom stereocenters. The lowest BCUT2D eigenvalue weighted by Gasteiger charge is -2.41. The third-order valence-corrected chi connectivity index (χ3v) is 12.2. The molecule has 0 saturated heterocycles. The SMILES string of the molecule is CCCCCCCC[C@H](Br)[C@H](Br)CCCCCCCC(=O)OC[C@@H](COP(=O)(O)OC1[C@H](O)[C@H](O)C(O)[C@H](O)[C@H]1O)OC(=O)CCCC. The Balaban J connectivity index is 2.43. The van der Waals surface area contributed by atoms with Crippen LogP contribution in [-0.4, -0.2) is 108 Å². The van der Waals surface area contributed by atoms with Crippen LogP contribution < -0.4 is 0 Å². The van der Waals surface area contributed by atoms with Gasteiger partial charge in [-0.25, -0.2) is 4.57 Å². The van der Waals surface area contributed by atoms with Crippen molar-refractivity contribution in [3.05, 3.63) is 0 Å². The second kappa shape index (κ2) is 25.7. The summed E-state index contributed by atoms with van der Waals surface area (Å²) in [6, 6.07) is 0. The number of hydrogen-bond donors (Lipinski definition) is 6. The van der Waals surface area contributed by atoms with E-state index in [1.54, 1.807) is 0 Å². The standard InChI is InChI=1S/C32H59Br2O13P/c1-3-5-7-8-10-13-16-23(33)24(34)17-14-11-9-12-15-19-25(35)44-20-22(46-26(36)18-6-4-2)21-45-48(42,43)47-32-30(40)28(38)27(37)29(39)31(32)41/h22-24,27-32,37-41H,3-21H2,1-2H3,(H,42,43)/t22-,23-,24+,27?,28-,29+,30+,31+,32?/m0/s1. The first-order chi connectivity index (χ1) is 22.7. The van der Waals surface area contributed by atoms with E-state index in [0.29, 0.717) is 22.5 Å². The summed E-state index contributed by atoms with van der Waals surface area (Å²) in [5.74, 6) is -1.16. The van der Waals surface area contributed by atoms with E-state index >= 15 is 0 Å². The fraction of sp³-hybridized carbons (Fsp3) is 0.938. The van der Waals surface area contributed by atoms with E-state index in [2.05, 4.69) is 38.8 Å². The molecular weight excluding hydrogens is 783 g/mol. The number of aliphatic hydroxyl groups is 5. The van der Waals surface area contributed by atoms with Crippen molar-refractivity contribution in [3.63, 3.8) is 0 Å². The Morgan fingerprint density at radius 1 is 0.646 bits per heavy atom. The monoisotopic (exact) mass is 840 g/mol. The lowest BCUT2D eigenvalue weighted by molar-refractivity contribution is -0.220. The number of halogens is 2. The summed E-state index contributed by atoms with van der Waals surface area (Å²) in [6.45, 7) is 2.91. The van der Waals surface area contributed by atoms with E-state index in [-0.39, 0.29) is 12.8 Å². The molecule has 284 valence electrons. The average Bonchev–Trinajstić information content (AvgIpc) is 3.05. The van der Waals surface area contributed by atoms with Gasteiger partial charge in [0.2, 0.25) is 0 Å². The Kier molecular flexibility index (Phi) is 24.6. The van der Waals surface area contributed by atoms with Crippen LogP contribution in [0, 0.1) is 0 Å². The summed E-state index contributed by atoms with van der Waals surface area (Å²) in [4.78, 5) is 35.7. The normalized spacial score (nSPS) is 26.0. The molecule has 0 spiro atoms. The third kappa shape index (κ3) is 18.9. The van der Waals surface area contributed by atoms with Gasteiger partial charge in [0.15, 0.2) is 6.10 Å². The maximum atomic E-state index is 12.6. The number of rotatable bonds is 27. The molecule has 0 aromatic rings. The molecule has 13 nitrogen and oxygen atoms in total. The highest BCUT2D eigenvalue weighted by molar-refractivity contribution is 9.12. The fourth-order valence-corrected chi connectivity index (χ4v) is 7.39. The molecular formula is C32H59Br2O13P. The van der Waals surface area contributed by atoms with Crippen LogP contribution in [0.5, 0.6) is 0 Å². The van der Waals surface area contributed by atoms with Crippen molar-refractivity contribution in [2.75, 3.05) is 13.2 Å². The number of aliphatic hydroxyl groups excluding tert-OH is 5. The topological polar surface area (TPSA) is 210 Å². The number of carbonyl (C=O) groups is 2. The van der Waals surface area contributed by atoms with Gasteiger partial charge >= 0.3 is 19.8 Å². The Bertz CT molecular complexity index is 916. The summed E-state index contributed by atoms with van der Waals surface area (Å²) >= 11 is 7.64. The zero-order chi connectivity index (χ0) is 36.1. The number of phosphoric acid groups is 1. The van der Waals surface area contributed by atoms with E-state index in [9.17, 15) is 44.6 Å². The van der Waals surface area contributed by atoms with Gasteiger partial charge in [0.1, 0.15) is 43.2 Å². The van der Waals surface area contributed by atoms with Crippen LogP contribution >= 0.6 is 39.7 Å². The van der Waals surface area contributed by atoms with Gasteiger partial charge in [-0.05, 0) is 25.7 Å². The van der Waals surface area contributed by atoms with Crippen molar-refractivity contribution in [3.8, 4) is 0 Å². The van der Waals surface area contributed by atoms with Crippen molar-refractivity contribution in [2.45, 2.75) is 175 Å². The van der Waals surface area contributed by atoms with Gasteiger partial charge in [-0.2, -0.15) is 0 Å². The van der Waals surface area contributed by atoms with Gasteiger partial charge in [-0.1, -0.05) is 116 Å². The maximum absolute atomic E-state index is 12.6. The lowest BCUT2D eigenvalue weighted by Crippen LogP contribution is -2.64. The molecule has 10 atom stereocenters. The molecule has 1 aliphatic carbocycles. The first kappa shape index (κ1) is 45.8. The average molecular weight is 843 g/mol. The number of hydrogen-bond acceptors (Lipinski definition) is 12. The molecule has 0 amide bonds. The maximum Gasteiger partial charge on any atom is 0.472 e. The van der Waals surface area contributed by atoms with Crippen molar-refractivity contribution in [1.82, 2.24) is 0 Å². The van der Waals surface area contributed by atoms with Crippen LogP contribution in [0.1, 0.15) is 123 Å². The first-order valence-corrected chi connectivity index (χ1v) is 20.8. The molecule has 0 radical (unpaired) electrons. The van der Waals surface area contributed by atoms with Crippen LogP contribution in [0.4, 0.5) is 0 Å². The molecule has 0 aliphatic heterocycles. The van der Waals surface area contributed by atoms with Crippen LogP contribution in [0.3, 0.4) is 0 Å². The van der Waals surface area contributed by atoms with E-state index in [1.165, 1.54) is 44.9 Å². The third-order valence-electron chi connectivity index (χ3n) is 8.30. The molecule has 1 fully saturated rings. The predicted molar refractivity (Wildman–Crippen MR) is 187 cm³/mol. The number of esters is 2. The number of phosphoric ester groups is 1. The Morgan fingerprint density at radius 3 is 1.65 bits per heavy atom. The first-order valence-electron chi connectivity index (χ1n) is 17.4. The van der Waals surface area contributed by atoms with Gasteiger partial charge in [0, 0.05) is 22.5 Å². The molecule has 0 heterocycles. The lowest BCUT2D eigenvalue weighted by atomic mass is 9.85. The molecule has 0 aromatic heterocycles. The van der Waals surface area contributed by atoms with Gasteiger partial charge in [-0.3, -0.25) is 18.6 Å². The highest BCUT2D eigenvalue weighted by atomic mass is 79.9. The summed E-state index contributed by atoms with van der Waals surface area (Å²) in [5, 5.41) is 49.5. The summed E-state index contributed by atoms with van der Waals surface area (Å²) < 4.78 is 32.8. The molecule has 1 aliphatic rings. The number of ether oxygens (including phenoxy) is 2.